The summed E-state index contributed by atoms with van der Waals surface area (Å²) in [5.41, 5.74) is 2.37. The second kappa shape index (κ2) is 6.53. The molecule has 1 amide bonds. The van der Waals surface area contributed by atoms with Crippen molar-refractivity contribution >= 4 is 5.91 Å². The lowest BCUT2D eigenvalue weighted by atomic mass is 10.0. The number of nitrogens with zero attached hydrogens (tertiary/aromatic N) is 1. The number of hydrogen-bond donors (Lipinski definition) is 2. The normalized spacial score (nSPS) is 20.8. The number of carbonyl (C=O) groups is 1. The van der Waals surface area contributed by atoms with Crippen LogP contribution in [0.2, 0.25) is 0 Å². The van der Waals surface area contributed by atoms with Gasteiger partial charge in [0.05, 0.1) is 24.8 Å². The van der Waals surface area contributed by atoms with E-state index < -0.39 is 0 Å². The van der Waals surface area contributed by atoms with E-state index >= 15 is 0 Å². The summed E-state index contributed by atoms with van der Waals surface area (Å²) in [5.74, 6) is -0.551. The molecule has 5 heteroatoms. The zero-order chi connectivity index (χ0) is 17.3. The summed E-state index contributed by atoms with van der Waals surface area (Å²) in [6, 6.07) is 11.9. The summed E-state index contributed by atoms with van der Waals surface area (Å²) in [7, 11) is 0. The van der Waals surface area contributed by atoms with Crippen molar-refractivity contribution in [3.8, 4) is 11.5 Å². The molecule has 0 aliphatic carbocycles. The molecular formula is C19H21NO4. The summed E-state index contributed by atoms with van der Waals surface area (Å²) < 4.78 is 5.93. The Morgan fingerprint density at radius 3 is 2.67 bits per heavy atom. The number of ether oxygens (including phenoxy) is 1. The van der Waals surface area contributed by atoms with Gasteiger partial charge in [0.1, 0.15) is 17.6 Å². The van der Waals surface area contributed by atoms with E-state index in [4.69, 9.17) is 4.74 Å². The number of rotatable bonds is 2. The average molecular weight is 327 g/mol. The average Bonchev–Trinajstić information content (AvgIpc) is 2.55. The molecule has 1 saturated heterocycles. The minimum atomic E-state index is -0.262. The van der Waals surface area contributed by atoms with Crippen LogP contribution in [0.3, 0.4) is 0 Å². The number of phenols is 2. The smallest absolute Gasteiger partial charge is 0.258 e. The number of carbonyl (C=O) groups excluding carboxylic acids is 1. The van der Waals surface area contributed by atoms with Gasteiger partial charge in [0.2, 0.25) is 0 Å². The molecule has 1 heterocycles. The van der Waals surface area contributed by atoms with Crippen LogP contribution in [0, 0.1) is 6.92 Å². The highest BCUT2D eigenvalue weighted by atomic mass is 16.5. The van der Waals surface area contributed by atoms with Crippen LogP contribution in [0.5, 0.6) is 11.5 Å². The van der Waals surface area contributed by atoms with Crippen LogP contribution in [0.15, 0.2) is 42.5 Å². The van der Waals surface area contributed by atoms with E-state index in [1.807, 2.05) is 38.1 Å². The molecule has 0 aromatic heterocycles. The molecule has 1 aliphatic rings. The van der Waals surface area contributed by atoms with Gasteiger partial charge in [0, 0.05) is 6.07 Å². The van der Waals surface area contributed by atoms with Gasteiger partial charge in [0.25, 0.3) is 5.91 Å². The summed E-state index contributed by atoms with van der Waals surface area (Å²) in [4.78, 5) is 14.5. The lowest BCUT2D eigenvalue weighted by Crippen LogP contribution is -2.48. The highest BCUT2D eigenvalue weighted by Gasteiger charge is 2.32. The van der Waals surface area contributed by atoms with Crippen molar-refractivity contribution in [3.05, 3.63) is 59.2 Å². The van der Waals surface area contributed by atoms with E-state index in [0.29, 0.717) is 13.2 Å². The molecule has 126 valence electrons. The van der Waals surface area contributed by atoms with Crippen molar-refractivity contribution in [1.82, 2.24) is 4.90 Å². The Bertz CT molecular complexity index is 759. The van der Waals surface area contributed by atoms with Gasteiger partial charge in [-0.25, -0.2) is 0 Å². The molecule has 5 nitrogen and oxygen atoms in total. The van der Waals surface area contributed by atoms with E-state index in [9.17, 15) is 15.0 Å². The molecule has 0 spiro atoms. The molecule has 2 N–H and O–H groups in total. The van der Waals surface area contributed by atoms with Gasteiger partial charge in [0.15, 0.2) is 0 Å². The quantitative estimate of drug-likeness (QED) is 0.889. The maximum atomic E-state index is 12.8. The molecule has 0 radical (unpaired) electrons. The zero-order valence-electron chi connectivity index (χ0n) is 13.8. The lowest BCUT2D eigenvalue weighted by molar-refractivity contribution is -0.0489. The first-order valence-corrected chi connectivity index (χ1v) is 7.97. The first kappa shape index (κ1) is 16.3. The molecule has 1 aliphatic heterocycles. The van der Waals surface area contributed by atoms with Gasteiger partial charge < -0.3 is 19.8 Å². The van der Waals surface area contributed by atoms with Gasteiger partial charge in [-0.3, -0.25) is 4.79 Å². The van der Waals surface area contributed by atoms with Gasteiger partial charge in [-0.05, 0) is 37.1 Å². The first-order chi connectivity index (χ1) is 11.5. The molecule has 2 aromatic rings. The topological polar surface area (TPSA) is 70.0 Å². The Labute approximate surface area is 141 Å². The van der Waals surface area contributed by atoms with E-state index in [0.717, 1.165) is 11.1 Å². The maximum Gasteiger partial charge on any atom is 0.258 e. The Hall–Kier alpha value is -2.53. The third kappa shape index (κ3) is 3.08. The summed E-state index contributed by atoms with van der Waals surface area (Å²) in [6.07, 6.45) is -0.189. The summed E-state index contributed by atoms with van der Waals surface area (Å²) >= 11 is 0. The Balaban J connectivity index is 1.86. The fourth-order valence-corrected chi connectivity index (χ4v) is 3.03. The van der Waals surface area contributed by atoms with E-state index in [1.54, 1.807) is 4.90 Å². The highest BCUT2D eigenvalue weighted by molar-refractivity contribution is 5.97. The predicted octanol–water partition coefficient (Wildman–Crippen LogP) is 3.01. The molecule has 3 rings (SSSR count). The molecule has 1 fully saturated rings. The molecule has 0 unspecified atom stereocenters. The summed E-state index contributed by atoms with van der Waals surface area (Å²) in [6.45, 7) is 4.80. The van der Waals surface area contributed by atoms with Gasteiger partial charge in [-0.1, -0.05) is 24.3 Å². The summed E-state index contributed by atoms with van der Waals surface area (Å²) in [5, 5.41) is 19.4. The highest BCUT2D eigenvalue weighted by Crippen LogP contribution is 2.30. The second-order valence-electron chi connectivity index (χ2n) is 6.19. The number of hydrogen-bond acceptors (Lipinski definition) is 4. The number of phenolic OH excluding ortho intramolecular Hbond substituents is 2. The van der Waals surface area contributed by atoms with Crippen LogP contribution in [0.1, 0.15) is 34.5 Å². The molecular weight excluding hydrogens is 306 g/mol. The van der Waals surface area contributed by atoms with Crippen LogP contribution in [-0.2, 0) is 4.74 Å². The zero-order valence-corrected chi connectivity index (χ0v) is 13.8. The Morgan fingerprint density at radius 1 is 1.21 bits per heavy atom. The predicted molar refractivity (Wildman–Crippen MR) is 90.1 cm³/mol. The van der Waals surface area contributed by atoms with Crippen molar-refractivity contribution in [2.75, 3.05) is 13.2 Å². The standard InChI is InChI=1S/C19H21NO4/c1-12-5-3-4-6-15(12)18-10-20(13(2)11-24-18)19(23)16-8-7-14(21)9-17(16)22/h3-9,13,18,21-22H,10-11H2,1-2H3/t13-,18-/m0/s1. The van der Waals surface area contributed by atoms with Crippen molar-refractivity contribution in [2.24, 2.45) is 0 Å². The van der Waals surface area contributed by atoms with E-state index in [-0.39, 0.29) is 35.1 Å². The third-order valence-corrected chi connectivity index (χ3v) is 4.44. The number of benzene rings is 2. The first-order valence-electron chi connectivity index (χ1n) is 7.97. The van der Waals surface area contributed by atoms with Gasteiger partial charge in [-0.2, -0.15) is 0 Å². The fourth-order valence-electron chi connectivity index (χ4n) is 3.03. The lowest BCUT2D eigenvalue weighted by Gasteiger charge is -2.38. The molecule has 2 atom stereocenters. The van der Waals surface area contributed by atoms with Crippen LogP contribution in [0.4, 0.5) is 0 Å². The maximum absolute atomic E-state index is 12.8. The van der Waals surface area contributed by atoms with Gasteiger partial charge >= 0.3 is 0 Å². The molecule has 24 heavy (non-hydrogen) atoms. The molecule has 0 bridgehead atoms. The van der Waals surface area contributed by atoms with Crippen molar-refractivity contribution in [2.45, 2.75) is 26.0 Å². The van der Waals surface area contributed by atoms with Crippen molar-refractivity contribution in [1.29, 1.82) is 0 Å². The minimum absolute atomic E-state index is 0.0723. The van der Waals surface area contributed by atoms with E-state index in [2.05, 4.69) is 0 Å². The largest absolute Gasteiger partial charge is 0.508 e. The van der Waals surface area contributed by atoms with Crippen LogP contribution in [0.25, 0.3) is 0 Å². The minimum Gasteiger partial charge on any atom is -0.508 e. The monoisotopic (exact) mass is 327 g/mol. The molecule has 0 saturated carbocycles. The van der Waals surface area contributed by atoms with Crippen molar-refractivity contribution in [3.63, 3.8) is 0 Å². The second-order valence-corrected chi connectivity index (χ2v) is 6.19. The number of aromatic hydroxyl groups is 2. The van der Waals surface area contributed by atoms with Crippen molar-refractivity contribution < 1.29 is 19.7 Å². The van der Waals surface area contributed by atoms with Gasteiger partial charge in [-0.15, -0.1) is 0 Å². The molecule has 2 aromatic carbocycles. The van der Waals surface area contributed by atoms with Crippen LogP contribution >= 0.6 is 0 Å². The Morgan fingerprint density at radius 2 is 1.96 bits per heavy atom. The van der Waals surface area contributed by atoms with Crippen LogP contribution in [-0.4, -0.2) is 40.2 Å². The number of morpholine rings is 1. The third-order valence-electron chi connectivity index (χ3n) is 4.44. The SMILES string of the molecule is Cc1ccccc1[C@@H]1CN(C(=O)c2ccc(O)cc2O)[C@@H](C)CO1. The number of aryl methyl sites for hydroxylation is 1. The van der Waals surface area contributed by atoms with Crippen LogP contribution < -0.4 is 0 Å². The van der Waals surface area contributed by atoms with E-state index in [1.165, 1.54) is 18.2 Å². The fraction of sp³-hybridized carbons (Fsp3) is 0.316. The number of amides is 1. The Kier molecular flexibility index (Phi) is 4.44.